The lowest BCUT2D eigenvalue weighted by Gasteiger charge is -2.36. The molecule has 0 amide bonds. The van der Waals surface area contributed by atoms with E-state index in [1.165, 1.54) is 11.1 Å². The molecule has 1 aromatic rings. The third kappa shape index (κ3) is 3.65. The third-order valence-electron chi connectivity index (χ3n) is 4.09. The molecule has 0 aliphatic heterocycles. The van der Waals surface area contributed by atoms with Crippen molar-refractivity contribution in [2.45, 2.75) is 51.5 Å². The topological polar surface area (TPSA) is 9.23 Å². The van der Waals surface area contributed by atoms with Crippen molar-refractivity contribution in [1.29, 1.82) is 0 Å². The molecule has 1 unspecified atom stereocenters. The summed E-state index contributed by atoms with van der Waals surface area (Å²) in [5, 5.41) is 0.808. The van der Waals surface area contributed by atoms with E-state index in [1.807, 2.05) is 13.0 Å². The monoisotopic (exact) mass is 300 g/mol. The number of hydrogen-bond donors (Lipinski definition) is 0. The SMILES string of the molecule is CCOC1CC(CC(Cl)c2cc(C)c(C)cc2Cl)C1. The molecule has 1 aromatic carbocycles. The van der Waals surface area contributed by atoms with Crippen molar-refractivity contribution < 1.29 is 4.74 Å². The van der Waals surface area contributed by atoms with E-state index in [2.05, 4.69) is 19.9 Å². The second-order valence-corrected chi connectivity index (χ2v) is 6.51. The first-order valence-electron chi connectivity index (χ1n) is 7.03. The Labute approximate surface area is 126 Å². The second-order valence-electron chi connectivity index (χ2n) is 5.58. The number of aryl methyl sites for hydroxylation is 2. The molecule has 3 heteroatoms. The van der Waals surface area contributed by atoms with Crippen molar-refractivity contribution in [2.24, 2.45) is 5.92 Å². The molecule has 106 valence electrons. The molecule has 19 heavy (non-hydrogen) atoms. The average molecular weight is 301 g/mol. The zero-order valence-corrected chi connectivity index (χ0v) is 13.4. The second kappa shape index (κ2) is 6.47. The summed E-state index contributed by atoms with van der Waals surface area (Å²) in [6.07, 6.45) is 3.72. The smallest absolute Gasteiger partial charge is 0.0602 e. The van der Waals surface area contributed by atoms with Crippen LogP contribution in [0.15, 0.2) is 12.1 Å². The average Bonchev–Trinajstić information content (AvgIpc) is 2.31. The summed E-state index contributed by atoms with van der Waals surface area (Å²) in [6, 6.07) is 4.15. The van der Waals surface area contributed by atoms with Gasteiger partial charge in [-0.25, -0.2) is 0 Å². The molecule has 1 nitrogen and oxygen atoms in total. The maximum absolute atomic E-state index is 6.54. The maximum atomic E-state index is 6.54. The van der Waals surface area contributed by atoms with Gasteiger partial charge in [-0.05, 0) is 68.7 Å². The summed E-state index contributed by atoms with van der Waals surface area (Å²) < 4.78 is 5.58. The molecule has 0 radical (unpaired) electrons. The number of ether oxygens (including phenoxy) is 1. The lowest BCUT2D eigenvalue weighted by atomic mass is 9.78. The minimum atomic E-state index is 0.0133. The minimum absolute atomic E-state index is 0.0133. The standard InChI is InChI=1S/C16H22Cl2O/c1-4-19-13-7-12(8-13)9-16(18)14-5-10(2)11(3)6-15(14)17/h5-6,12-13,16H,4,7-9H2,1-3H3. The first kappa shape index (κ1) is 15.2. The van der Waals surface area contributed by atoms with Crippen LogP contribution in [0.5, 0.6) is 0 Å². The minimum Gasteiger partial charge on any atom is -0.378 e. The van der Waals surface area contributed by atoms with Crippen LogP contribution in [0.4, 0.5) is 0 Å². The van der Waals surface area contributed by atoms with E-state index in [9.17, 15) is 0 Å². The van der Waals surface area contributed by atoms with Crippen molar-refractivity contribution in [3.63, 3.8) is 0 Å². The zero-order chi connectivity index (χ0) is 14.0. The Morgan fingerprint density at radius 3 is 2.53 bits per heavy atom. The Hall–Kier alpha value is -0.240. The summed E-state index contributed by atoms with van der Waals surface area (Å²) in [7, 11) is 0. The van der Waals surface area contributed by atoms with Crippen LogP contribution in [-0.4, -0.2) is 12.7 Å². The fourth-order valence-corrected chi connectivity index (χ4v) is 3.54. The van der Waals surface area contributed by atoms with E-state index in [1.54, 1.807) is 0 Å². The highest BCUT2D eigenvalue weighted by atomic mass is 35.5. The Morgan fingerprint density at radius 1 is 1.26 bits per heavy atom. The van der Waals surface area contributed by atoms with Crippen LogP contribution in [0.3, 0.4) is 0 Å². The van der Waals surface area contributed by atoms with Crippen LogP contribution in [-0.2, 0) is 4.74 Å². The van der Waals surface area contributed by atoms with Gasteiger partial charge >= 0.3 is 0 Å². The van der Waals surface area contributed by atoms with Crippen molar-refractivity contribution >= 4 is 23.2 Å². The van der Waals surface area contributed by atoms with Gasteiger partial charge in [0.2, 0.25) is 0 Å². The van der Waals surface area contributed by atoms with E-state index in [0.717, 1.165) is 36.5 Å². The largest absolute Gasteiger partial charge is 0.378 e. The van der Waals surface area contributed by atoms with Gasteiger partial charge in [-0.2, -0.15) is 0 Å². The number of rotatable bonds is 5. The molecule has 1 aliphatic rings. The molecule has 1 aliphatic carbocycles. The summed E-state index contributed by atoms with van der Waals surface area (Å²) in [6.45, 7) is 7.04. The van der Waals surface area contributed by atoms with E-state index in [4.69, 9.17) is 27.9 Å². The van der Waals surface area contributed by atoms with Gasteiger partial charge in [0.25, 0.3) is 0 Å². The summed E-state index contributed by atoms with van der Waals surface area (Å²) in [4.78, 5) is 0. The van der Waals surface area contributed by atoms with Gasteiger partial charge < -0.3 is 4.74 Å². The molecule has 2 rings (SSSR count). The summed E-state index contributed by atoms with van der Waals surface area (Å²) in [5.41, 5.74) is 3.55. The number of alkyl halides is 1. The highest BCUT2D eigenvalue weighted by molar-refractivity contribution is 6.32. The summed E-state index contributed by atoms with van der Waals surface area (Å²) in [5.74, 6) is 0.678. The van der Waals surface area contributed by atoms with Gasteiger partial charge in [0.1, 0.15) is 0 Å². The summed E-state index contributed by atoms with van der Waals surface area (Å²) >= 11 is 12.9. The lowest BCUT2D eigenvalue weighted by Crippen LogP contribution is -2.31. The van der Waals surface area contributed by atoms with Crippen molar-refractivity contribution in [1.82, 2.24) is 0 Å². The number of hydrogen-bond acceptors (Lipinski definition) is 1. The fourth-order valence-electron chi connectivity index (χ4n) is 2.70. The molecule has 1 saturated carbocycles. The molecule has 0 spiro atoms. The van der Waals surface area contributed by atoms with Gasteiger partial charge in [-0.1, -0.05) is 17.7 Å². The Balaban J connectivity index is 1.94. The zero-order valence-electron chi connectivity index (χ0n) is 11.9. The van der Waals surface area contributed by atoms with Crippen LogP contribution in [0.25, 0.3) is 0 Å². The van der Waals surface area contributed by atoms with Crippen LogP contribution in [0, 0.1) is 19.8 Å². The molecule has 0 N–H and O–H groups in total. The Morgan fingerprint density at radius 2 is 1.89 bits per heavy atom. The van der Waals surface area contributed by atoms with Gasteiger partial charge in [0.15, 0.2) is 0 Å². The first-order valence-corrected chi connectivity index (χ1v) is 7.85. The van der Waals surface area contributed by atoms with E-state index in [-0.39, 0.29) is 5.38 Å². The van der Waals surface area contributed by atoms with Crippen LogP contribution in [0.2, 0.25) is 5.02 Å². The van der Waals surface area contributed by atoms with E-state index >= 15 is 0 Å². The van der Waals surface area contributed by atoms with Crippen LogP contribution in [0.1, 0.15) is 48.3 Å². The maximum Gasteiger partial charge on any atom is 0.0602 e. The normalized spacial score (nSPS) is 24.1. The predicted octanol–water partition coefficient (Wildman–Crippen LogP) is 5.44. The molecular formula is C16H22Cl2O. The van der Waals surface area contributed by atoms with Crippen molar-refractivity contribution in [3.8, 4) is 0 Å². The van der Waals surface area contributed by atoms with Crippen LogP contribution >= 0.6 is 23.2 Å². The molecule has 1 atom stereocenters. The van der Waals surface area contributed by atoms with Gasteiger partial charge in [0.05, 0.1) is 11.5 Å². The molecule has 0 saturated heterocycles. The Bertz CT molecular complexity index is 439. The molecular weight excluding hydrogens is 279 g/mol. The van der Waals surface area contributed by atoms with Gasteiger partial charge in [0, 0.05) is 11.6 Å². The quantitative estimate of drug-likeness (QED) is 0.658. The van der Waals surface area contributed by atoms with E-state index < -0.39 is 0 Å². The van der Waals surface area contributed by atoms with Crippen molar-refractivity contribution in [2.75, 3.05) is 6.61 Å². The fraction of sp³-hybridized carbons (Fsp3) is 0.625. The molecule has 0 heterocycles. The molecule has 0 aromatic heterocycles. The lowest BCUT2D eigenvalue weighted by molar-refractivity contribution is -0.0267. The van der Waals surface area contributed by atoms with Crippen LogP contribution < -0.4 is 0 Å². The van der Waals surface area contributed by atoms with Gasteiger partial charge in [-0.15, -0.1) is 11.6 Å². The third-order valence-corrected chi connectivity index (χ3v) is 4.83. The molecule has 0 bridgehead atoms. The highest BCUT2D eigenvalue weighted by Crippen LogP contribution is 2.41. The van der Waals surface area contributed by atoms with Crippen molar-refractivity contribution in [3.05, 3.63) is 33.8 Å². The number of benzene rings is 1. The predicted molar refractivity (Wildman–Crippen MR) is 82.3 cm³/mol. The van der Waals surface area contributed by atoms with Gasteiger partial charge in [-0.3, -0.25) is 0 Å². The van der Waals surface area contributed by atoms with E-state index in [0.29, 0.717) is 12.0 Å². The first-order chi connectivity index (χ1) is 9.01. The highest BCUT2D eigenvalue weighted by Gasteiger charge is 2.31. The Kier molecular flexibility index (Phi) is 5.16. The molecule has 1 fully saturated rings. The number of halogens is 2.